The molecule has 0 unspecified atom stereocenters. The van der Waals surface area contributed by atoms with Crippen molar-refractivity contribution in [1.29, 1.82) is 0 Å². The molecule has 0 radical (unpaired) electrons. The smallest absolute Gasteiger partial charge is 0.254 e. The van der Waals surface area contributed by atoms with Crippen LogP contribution < -0.4 is 11.1 Å². The second-order valence-electron chi connectivity index (χ2n) is 4.41. The molecule has 1 aromatic rings. The van der Waals surface area contributed by atoms with Gasteiger partial charge in [-0.3, -0.25) is 9.59 Å². The van der Waals surface area contributed by atoms with Crippen molar-refractivity contribution in [3.05, 3.63) is 29.3 Å². The lowest BCUT2D eigenvalue weighted by molar-refractivity contribution is -0.121. The van der Waals surface area contributed by atoms with Crippen molar-refractivity contribution < 1.29 is 9.59 Å². The Hall–Kier alpha value is -2.04. The lowest BCUT2D eigenvalue weighted by Gasteiger charge is -2.20. The van der Waals surface area contributed by atoms with Gasteiger partial charge in [0.05, 0.1) is 6.54 Å². The molecule has 104 valence electrons. The summed E-state index contributed by atoms with van der Waals surface area (Å²) in [5.74, 6) is -0.331. The molecule has 0 bridgehead atoms. The van der Waals surface area contributed by atoms with Crippen molar-refractivity contribution in [3.8, 4) is 0 Å². The predicted molar refractivity (Wildman–Crippen MR) is 75.9 cm³/mol. The number of nitrogens with two attached hydrogens (primary N) is 1. The first-order valence-corrected chi connectivity index (χ1v) is 6.41. The van der Waals surface area contributed by atoms with Crippen LogP contribution in [0.25, 0.3) is 0 Å². The summed E-state index contributed by atoms with van der Waals surface area (Å²) in [6.07, 6.45) is 0. The van der Waals surface area contributed by atoms with Gasteiger partial charge in [-0.15, -0.1) is 0 Å². The molecule has 0 saturated heterocycles. The van der Waals surface area contributed by atoms with Crippen LogP contribution in [0, 0.1) is 6.92 Å². The van der Waals surface area contributed by atoms with Gasteiger partial charge in [0, 0.05) is 24.3 Å². The van der Waals surface area contributed by atoms with Gasteiger partial charge in [-0.1, -0.05) is 0 Å². The number of likely N-dealkylation sites (N-methyl/N-ethyl adjacent to an activating group) is 2. The maximum Gasteiger partial charge on any atom is 0.254 e. The molecule has 2 amide bonds. The highest BCUT2D eigenvalue weighted by Gasteiger charge is 2.17. The molecule has 0 aromatic heterocycles. The van der Waals surface area contributed by atoms with E-state index < -0.39 is 0 Å². The molecule has 0 aliphatic heterocycles. The molecule has 0 spiro atoms. The number of rotatable bonds is 5. The zero-order valence-corrected chi connectivity index (χ0v) is 11.7. The summed E-state index contributed by atoms with van der Waals surface area (Å²) >= 11 is 0. The minimum atomic E-state index is -0.177. The standard InChI is InChI=1S/C14H21N3O2/c1-4-16-13(18)9-17(5-2)14(19)11-6-10(3)7-12(15)8-11/h6-8H,4-5,9,15H2,1-3H3,(H,16,18). The molecule has 19 heavy (non-hydrogen) atoms. The Balaban J connectivity index is 2.86. The minimum Gasteiger partial charge on any atom is -0.399 e. The van der Waals surface area contributed by atoms with Gasteiger partial charge in [-0.05, 0) is 44.5 Å². The van der Waals surface area contributed by atoms with E-state index in [1.165, 1.54) is 4.90 Å². The van der Waals surface area contributed by atoms with Gasteiger partial charge < -0.3 is 16.0 Å². The molecular weight excluding hydrogens is 242 g/mol. The molecule has 1 rings (SSSR count). The first-order chi connectivity index (χ1) is 8.97. The predicted octanol–water partition coefficient (Wildman–Crippen LogP) is 1.18. The largest absolute Gasteiger partial charge is 0.399 e. The third-order valence-electron chi connectivity index (χ3n) is 2.72. The molecule has 5 heteroatoms. The molecule has 5 nitrogen and oxygen atoms in total. The number of benzene rings is 1. The minimum absolute atomic E-state index is 0.0665. The number of amides is 2. The molecule has 0 atom stereocenters. The monoisotopic (exact) mass is 263 g/mol. The van der Waals surface area contributed by atoms with Gasteiger partial charge in [0.1, 0.15) is 0 Å². The number of hydrogen-bond acceptors (Lipinski definition) is 3. The number of carbonyl (C=O) groups is 2. The van der Waals surface area contributed by atoms with Crippen LogP contribution >= 0.6 is 0 Å². The molecule has 1 aromatic carbocycles. The summed E-state index contributed by atoms with van der Waals surface area (Å²) in [6.45, 7) is 6.67. The van der Waals surface area contributed by atoms with Crippen molar-refractivity contribution in [2.24, 2.45) is 0 Å². The SMILES string of the molecule is CCNC(=O)CN(CC)C(=O)c1cc(C)cc(N)c1. The van der Waals surface area contributed by atoms with Gasteiger partial charge >= 0.3 is 0 Å². The summed E-state index contributed by atoms with van der Waals surface area (Å²) in [5.41, 5.74) is 7.74. The number of carbonyl (C=O) groups excluding carboxylic acids is 2. The first kappa shape index (κ1) is 15.0. The average molecular weight is 263 g/mol. The van der Waals surface area contributed by atoms with Gasteiger partial charge in [-0.25, -0.2) is 0 Å². The van der Waals surface area contributed by atoms with Crippen LogP contribution in [0.5, 0.6) is 0 Å². The highest BCUT2D eigenvalue weighted by Crippen LogP contribution is 2.13. The summed E-state index contributed by atoms with van der Waals surface area (Å²) in [6, 6.07) is 5.21. The maximum absolute atomic E-state index is 12.3. The highest BCUT2D eigenvalue weighted by atomic mass is 16.2. The fraction of sp³-hybridized carbons (Fsp3) is 0.429. The van der Waals surface area contributed by atoms with Crippen molar-refractivity contribution in [2.75, 3.05) is 25.4 Å². The summed E-state index contributed by atoms with van der Waals surface area (Å²) in [5, 5.41) is 2.68. The van der Waals surface area contributed by atoms with Crippen molar-refractivity contribution in [2.45, 2.75) is 20.8 Å². The Bertz CT molecular complexity index is 452. The van der Waals surface area contributed by atoms with E-state index in [9.17, 15) is 9.59 Å². The second kappa shape index (κ2) is 6.78. The quantitative estimate of drug-likeness (QED) is 0.783. The number of nitrogen functional groups attached to an aromatic ring is 1. The molecular formula is C14H21N3O2. The van der Waals surface area contributed by atoms with E-state index in [4.69, 9.17) is 5.73 Å². The second-order valence-corrected chi connectivity index (χ2v) is 4.41. The number of aryl methyl sites for hydroxylation is 1. The van der Waals surface area contributed by atoms with Crippen LogP contribution in [0.15, 0.2) is 18.2 Å². The highest BCUT2D eigenvalue weighted by molar-refractivity contribution is 5.97. The van der Waals surface area contributed by atoms with Crippen LogP contribution in [-0.2, 0) is 4.79 Å². The van der Waals surface area contributed by atoms with Gasteiger partial charge in [0.15, 0.2) is 0 Å². The zero-order chi connectivity index (χ0) is 14.4. The van der Waals surface area contributed by atoms with Crippen molar-refractivity contribution in [3.63, 3.8) is 0 Å². The van der Waals surface area contributed by atoms with E-state index in [0.29, 0.717) is 24.3 Å². The Kier molecular flexibility index (Phi) is 5.36. The number of anilines is 1. The van der Waals surface area contributed by atoms with Crippen LogP contribution in [-0.4, -0.2) is 36.3 Å². The third-order valence-corrected chi connectivity index (χ3v) is 2.72. The maximum atomic E-state index is 12.3. The fourth-order valence-corrected chi connectivity index (χ4v) is 1.87. The topological polar surface area (TPSA) is 75.4 Å². The van der Waals surface area contributed by atoms with E-state index in [1.54, 1.807) is 18.2 Å². The molecule has 0 fully saturated rings. The summed E-state index contributed by atoms with van der Waals surface area (Å²) in [4.78, 5) is 25.4. The van der Waals surface area contributed by atoms with Crippen LogP contribution in [0.3, 0.4) is 0 Å². The van der Waals surface area contributed by atoms with E-state index >= 15 is 0 Å². The van der Waals surface area contributed by atoms with Crippen LogP contribution in [0.1, 0.15) is 29.8 Å². The van der Waals surface area contributed by atoms with E-state index in [0.717, 1.165) is 5.56 Å². The van der Waals surface area contributed by atoms with Gasteiger partial charge in [0.2, 0.25) is 5.91 Å². The van der Waals surface area contributed by atoms with E-state index in [-0.39, 0.29) is 18.4 Å². The van der Waals surface area contributed by atoms with E-state index in [2.05, 4.69) is 5.32 Å². The average Bonchev–Trinajstić information content (AvgIpc) is 2.34. The van der Waals surface area contributed by atoms with Crippen molar-refractivity contribution in [1.82, 2.24) is 10.2 Å². The lowest BCUT2D eigenvalue weighted by Crippen LogP contribution is -2.40. The molecule has 3 N–H and O–H groups in total. The summed E-state index contributed by atoms with van der Waals surface area (Å²) < 4.78 is 0. The molecule has 0 aliphatic rings. The van der Waals surface area contributed by atoms with Crippen LogP contribution in [0.4, 0.5) is 5.69 Å². The first-order valence-electron chi connectivity index (χ1n) is 6.41. The Morgan fingerprint density at radius 3 is 2.47 bits per heavy atom. The van der Waals surface area contributed by atoms with Gasteiger partial charge in [0.25, 0.3) is 5.91 Å². The summed E-state index contributed by atoms with van der Waals surface area (Å²) in [7, 11) is 0. The fourth-order valence-electron chi connectivity index (χ4n) is 1.87. The number of nitrogens with one attached hydrogen (secondary N) is 1. The Morgan fingerprint density at radius 1 is 1.26 bits per heavy atom. The van der Waals surface area contributed by atoms with E-state index in [1.807, 2.05) is 20.8 Å². The van der Waals surface area contributed by atoms with Crippen LogP contribution in [0.2, 0.25) is 0 Å². The lowest BCUT2D eigenvalue weighted by atomic mass is 10.1. The Labute approximate surface area is 113 Å². The number of nitrogens with zero attached hydrogens (tertiary/aromatic N) is 1. The normalized spacial score (nSPS) is 10.1. The zero-order valence-electron chi connectivity index (χ0n) is 11.7. The third kappa shape index (κ3) is 4.28. The molecule has 0 saturated carbocycles. The Morgan fingerprint density at radius 2 is 1.95 bits per heavy atom. The van der Waals surface area contributed by atoms with Crippen molar-refractivity contribution >= 4 is 17.5 Å². The molecule has 0 aliphatic carbocycles. The van der Waals surface area contributed by atoms with Gasteiger partial charge in [-0.2, -0.15) is 0 Å². The molecule has 0 heterocycles. The number of hydrogen-bond donors (Lipinski definition) is 2.